The van der Waals surface area contributed by atoms with Gasteiger partial charge in [0.05, 0.1) is 18.6 Å². The number of nitrogens with zero attached hydrogens (tertiary/aromatic N) is 1. The molecule has 8 amide bonds. The minimum atomic E-state index is -1.11. The van der Waals surface area contributed by atoms with Crippen LogP contribution in [0, 0.1) is 11.3 Å². The average molecular weight is 1010 g/mol. The van der Waals surface area contributed by atoms with Crippen molar-refractivity contribution in [2.75, 3.05) is 40.3 Å². The Labute approximate surface area is 431 Å². The van der Waals surface area contributed by atoms with E-state index in [1.165, 1.54) is 55.4 Å². The molecule has 1 heterocycles. The quantitative estimate of drug-likeness (QED) is 0.0794. The zero-order valence-electron chi connectivity index (χ0n) is 44.0. The normalized spacial score (nSPS) is 17.4. The Bertz CT molecular complexity index is 2330. The molecule has 3 aliphatic rings. The number of rotatable bonds is 19. The van der Waals surface area contributed by atoms with Gasteiger partial charge >= 0.3 is 0 Å². The lowest BCUT2D eigenvalue weighted by Gasteiger charge is -2.33. The van der Waals surface area contributed by atoms with Crippen molar-refractivity contribution in [1.29, 1.82) is 0 Å². The molecule has 0 spiro atoms. The van der Waals surface area contributed by atoms with Gasteiger partial charge in [-0.25, -0.2) is 0 Å². The minimum absolute atomic E-state index is 0.00911. The van der Waals surface area contributed by atoms with E-state index in [-0.39, 0.29) is 72.9 Å². The van der Waals surface area contributed by atoms with Gasteiger partial charge in [0, 0.05) is 36.8 Å². The van der Waals surface area contributed by atoms with Crippen molar-refractivity contribution in [1.82, 2.24) is 47.4 Å². The van der Waals surface area contributed by atoms with Gasteiger partial charge in [-0.3, -0.25) is 38.4 Å². The third kappa shape index (κ3) is 18.4. The Morgan fingerprint density at radius 3 is 1.96 bits per heavy atom. The first-order valence-corrected chi connectivity index (χ1v) is 25.6. The molecule has 1 fully saturated rings. The van der Waals surface area contributed by atoms with Crippen molar-refractivity contribution in [2.24, 2.45) is 17.1 Å². The van der Waals surface area contributed by atoms with Gasteiger partial charge in [0.1, 0.15) is 18.1 Å². The van der Waals surface area contributed by atoms with Crippen molar-refractivity contribution in [2.45, 2.75) is 136 Å². The van der Waals surface area contributed by atoms with Crippen LogP contribution in [-0.4, -0.2) is 123 Å². The molecule has 3 aromatic rings. The van der Waals surface area contributed by atoms with Crippen molar-refractivity contribution in [3.8, 4) is 0 Å². The number of likely N-dealkylation sites (tertiary alicyclic amines) is 1. The second-order valence-electron chi connectivity index (χ2n) is 20.4. The maximum Gasteiger partial charge on any atom is 0.251 e. The van der Waals surface area contributed by atoms with E-state index in [1.54, 1.807) is 63.0 Å². The van der Waals surface area contributed by atoms with Gasteiger partial charge in [-0.1, -0.05) is 89.2 Å². The number of hydrogen-bond donors (Lipinski definition) is 9. The van der Waals surface area contributed by atoms with Crippen LogP contribution in [0.5, 0.6) is 0 Å². The fourth-order valence-corrected chi connectivity index (χ4v) is 8.96. The maximum atomic E-state index is 13.4. The lowest BCUT2D eigenvalue weighted by Crippen LogP contribution is -2.57. The summed E-state index contributed by atoms with van der Waals surface area (Å²) in [6.45, 7) is 11.5. The highest BCUT2D eigenvalue weighted by Crippen LogP contribution is 2.29. The molecule has 10 N–H and O–H groups in total. The standard InChI is InChI=1S/C34H55N9O7.C11H13NO.C10H12/c1-19(2)26(42-29(46)20(3)37-8)32(49)40-24(28(35)45)12-14-38-30(47)21-10-9-11-22(16-21)31(48)39-23-13-15-43(18-23)33(50)27(34(4,5)6)41-25(44)17-36-7;13-8-12-11-7-3-5-9-4-1-2-6-10(9)11;1-2-6-10-8-4-3-7-9(10)5-1/h9-11,16,19-20,23-24,26-27,36-37H,12-15,17-18H2,1-8H3,(H2,35,45)(H,38,47)(H,39,48)(H,40,49)(H,41,44)(H,42,46);1-2,4,6,8,11H,3,5,7H2,(H,12,13);1-2,5-6H,3-4,7-8H2/t20?,23-,24?,26-,27?;;/m0../s1. The second kappa shape index (κ2) is 29.1. The van der Waals surface area contributed by atoms with Crippen molar-refractivity contribution < 1.29 is 38.4 Å². The average Bonchev–Trinajstić information content (AvgIpc) is 3.85. The summed E-state index contributed by atoms with van der Waals surface area (Å²) in [5.41, 5.74) is 11.3. The minimum Gasteiger partial charge on any atom is -0.368 e. The largest absolute Gasteiger partial charge is 0.368 e. The molecule has 18 nitrogen and oxygen atoms in total. The zero-order chi connectivity index (χ0) is 53.7. The molecule has 0 bridgehead atoms. The van der Waals surface area contributed by atoms with Crippen LogP contribution in [0.4, 0.5) is 0 Å². The fraction of sp³-hybridized carbons (Fsp3) is 0.527. The molecule has 6 atom stereocenters. The summed E-state index contributed by atoms with van der Waals surface area (Å²) in [4.78, 5) is 101. The molecule has 0 radical (unpaired) electrons. The molecule has 1 saturated heterocycles. The highest BCUT2D eigenvalue weighted by molar-refractivity contribution is 6.00. The lowest BCUT2D eigenvalue weighted by atomic mass is 9.85. The van der Waals surface area contributed by atoms with E-state index in [0.717, 1.165) is 19.3 Å². The first kappa shape index (κ1) is 58.9. The van der Waals surface area contributed by atoms with E-state index in [1.807, 2.05) is 26.8 Å². The maximum absolute atomic E-state index is 13.4. The SMILES string of the molecule is CNCC(=O)NC(C(=O)N1CC[C@H](NC(=O)c2cccc(C(=O)NCCC(NC(=O)[C@@H](NC(=O)C(C)NC)C(C)C)C(N)=O)c2)C1)C(C)(C)C.O=CNC1CCCc2ccccc21.c1ccc2c(c1)CCCC2. The number of fused-ring (bicyclic) bond motifs is 2. The Morgan fingerprint density at radius 2 is 1.37 bits per heavy atom. The van der Waals surface area contributed by atoms with Crippen LogP contribution >= 0.6 is 0 Å². The van der Waals surface area contributed by atoms with E-state index < -0.39 is 53.2 Å². The van der Waals surface area contributed by atoms with Gasteiger partial charge in [0.15, 0.2) is 0 Å². The van der Waals surface area contributed by atoms with Crippen molar-refractivity contribution >= 4 is 47.8 Å². The fourth-order valence-electron chi connectivity index (χ4n) is 8.96. The first-order valence-electron chi connectivity index (χ1n) is 25.6. The number of carbonyl (C=O) groups is 8. The highest BCUT2D eigenvalue weighted by Gasteiger charge is 2.38. The number of benzene rings is 3. The Hall–Kier alpha value is -6.66. The summed E-state index contributed by atoms with van der Waals surface area (Å²) in [6, 6.07) is 19.9. The van der Waals surface area contributed by atoms with Crippen LogP contribution in [0.1, 0.15) is 129 Å². The zero-order valence-corrected chi connectivity index (χ0v) is 44.0. The summed E-state index contributed by atoms with van der Waals surface area (Å²) >= 11 is 0. The van der Waals surface area contributed by atoms with E-state index >= 15 is 0 Å². The summed E-state index contributed by atoms with van der Waals surface area (Å²) in [6.07, 6.45) is 10.1. The number of nitrogens with two attached hydrogens (primary N) is 1. The Balaban J connectivity index is 0.000000399. The van der Waals surface area contributed by atoms with E-state index in [4.69, 9.17) is 5.73 Å². The van der Waals surface area contributed by atoms with Gasteiger partial charge in [-0.15, -0.1) is 0 Å². The van der Waals surface area contributed by atoms with Gasteiger partial charge < -0.3 is 53.2 Å². The molecule has 0 saturated carbocycles. The van der Waals surface area contributed by atoms with Crippen molar-refractivity contribution in [3.05, 3.63) is 106 Å². The van der Waals surface area contributed by atoms with E-state index in [2.05, 4.69) is 85.0 Å². The monoisotopic (exact) mass is 1010 g/mol. The molecule has 0 aromatic heterocycles. The number of primary amides is 1. The molecule has 2 aliphatic carbocycles. The number of aryl methyl sites for hydroxylation is 3. The van der Waals surface area contributed by atoms with E-state index in [0.29, 0.717) is 13.0 Å². The molecule has 1 aliphatic heterocycles. The van der Waals surface area contributed by atoms with E-state index in [9.17, 15) is 38.4 Å². The predicted molar refractivity (Wildman–Crippen MR) is 282 cm³/mol. The molecular weight excluding hydrogens is 929 g/mol. The molecule has 73 heavy (non-hydrogen) atoms. The topological polar surface area (TPSA) is 262 Å². The van der Waals surface area contributed by atoms with Gasteiger partial charge in [0.2, 0.25) is 35.9 Å². The summed E-state index contributed by atoms with van der Waals surface area (Å²) in [5.74, 6) is -3.47. The van der Waals surface area contributed by atoms with Crippen LogP contribution in [0.15, 0.2) is 72.8 Å². The second-order valence-corrected chi connectivity index (χ2v) is 20.4. The molecular formula is C55H80N10O8. The number of amides is 8. The van der Waals surface area contributed by atoms with Crippen molar-refractivity contribution in [3.63, 3.8) is 0 Å². The first-order chi connectivity index (χ1) is 34.8. The number of hydrogen-bond acceptors (Lipinski definition) is 10. The van der Waals surface area contributed by atoms with Crippen LogP contribution < -0.4 is 48.3 Å². The number of carbonyl (C=O) groups excluding carboxylic acids is 8. The van der Waals surface area contributed by atoms with Gasteiger partial charge in [-0.05, 0) is 131 Å². The Morgan fingerprint density at radius 1 is 0.753 bits per heavy atom. The summed E-state index contributed by atoms with van der Waals surface area (Å²) < 4.78 is 0. The smallest absolute Gasteiger partial charge is 0.251 e. The van der Waals surface area contributed by atoms with Crippen LogP contribution in [-0.2, 0) is 48.0 Å². The molecule has 4 unspecified atom stereocenters. The number of nitrogens with one attached hydrogen (secondary N) is 8. The molecule has 18 heteroatoms. The Kier molecular flexibility index (Phi) is 23.5. The molecule has 3 aromatic carbocycles. The third-order valence-corrected chi connectivity index (χ3v) is 13.3. The lowest BCUT2D eigenvalue weighted by molar-refractivity contribution is -0.138. The summed E-state index contributed by atoms with van der Waals surface area (Å²) in [7, 11) is 3.27. The highest BCUT2D eigenvalue weighted by atomic mass is 16.2. The summed E-state index contributed by atoms with van der Waals surface area (Å²) in [5, 5.41) is 22.1. The molecule has 398 valence electrons. The number of likely N-dealkylation sites (N-methyl/N-ethyl adjacent to an activating group) is 2. The van der Waals surface area contributed by atoms with Crippen LogP contribution in [0.3, 0.4) is 0 Å². The van der Waals surface area contributed by atoms with Gasteiger partial charge in [0.25, 0.3) is 11.8 Å². The van der Waals surface area contributed by atoms with Crippen LogP contribution in [0.25, 0.3) is 0 Å². The van der Waals surface area contributed by atoms with Crippen LogP contribution in [0.2, 0.25) is 0 Å². The predicted octanol–water partition coefficient (Wildman–Crippen LogP) is 2.98. The molecule has 6 rings (SSSR count). The van der Waals surface area contributed by atoms with Gasteiger partial charge in [-0.2, -0.15) is 0 Å². The third-order valence-electron chi connectivity index (χ3n) is 13.3.